The maximum atomic E-state index is 12.6. The van der Waals surface area contributed by atoms with E-state index in [9.17, 15) is 9.59 Å². The molecule has 2 amide bonds. The van der Waals surface area contributed by atoms with Crippen molar-refractivity contribution in [3.63, 3.8) is 0 Å². The molecule has 130 valence electrons. The third-order valence-corrected chi connectivity index (χ3v) is 6.19. The van der Waals surface area contributed by atoms with Crippen molar-refractivity contribution in [3.8, 4) is 0 Å². The van der Waals surface area contributed by atoms with Crippen LogP contribution >= 0.6 is 0 Å². The molecular weight excluding hydrogens is 290 g/mol. The molecule has 1 spiro atoms. The SMILES string of the molecule is CCC(C)CN1C(=O)C(C)NC12CCN(C(=O)C1CCC1)CC2. The molecular formula is C18H31N3O2. The third-order valence-electron chi connectivity index (χ3n) is 6.19. The molecule has 23 heavy (non-hydrogen) atoms. The van der Waals surface area contributed by atoms with Gasteiger partial charge in [0.25, 0.3) is 0 Å². The summed E-state index contributed by atoms with van der Waals surface area (Å²) in [4.78, 5) is 29.1. The number of amides is 2. The Morgan fingerprint density at radius 2 is 2.00 bits per heavy atom. The van der Waals surface area contributed by atoms with Gasteiger partial charge in [-0.1, -0.05) is 26.7 Å². The van der Waals surface area contributed by atoms with E-state index in [0.717, 1.165) is 51.7 Å². The molecule has 1 aliphatic carbocycles. The molecule has 2 atom stereocenters. The van der Waals surface area contributed by atoms with Gasteiger partial charge >= 0.3 is 0 Å². The summed E-state index contributed by atoms with van der Waals surface area (Å²) in [5, 5.41) is 3.55. The summed E-state index contributed by atoms with van der Waals surface area (Å²) in [5.74, 6) is 1.36. The van der Waals surface area contributed by atoms with Crippen molar-refractivity contribution in [1.82, 2.24) is 15.1 Å². The second-order valence-corrected chi connectivity index (χ2v) is 7.81. The molecule has 2 unspecified atom stereocenters. The molecule has 3 rings (SSSR count). The van der Waals surface area contributed by atoms with Crippen LogP contribution in [-0.2, 0) is 9.59 Å². The first-order chi connectivity index (χ1) is 11.0. The summed E-state index contributed by atoms with van der Waals surface area (Å²) >= 11 is 0. The number of carbonyl (C=O) groups is 2. The summed E-state index contributed by atoms with van der Waals surface area (Å²) in [7, 11) is 0. The second kappa shape index (κ2) is 6.42. The van der Waals surface area contributed by atoms with Crippen molar-refractivity contribution in [1.29, 1.82) is 0 Å². The van der Waals surface area contributed by atoms with Crippen molar-refractivity contribution >= 4 is 11.8 Å². The number of nitrogens with zero attached hydrogens (tertiary/aromatic N) is 2. The van der Waals surface area contributed by atoms with E-state index in [4.69, 9.17) is 0 Å². The van der Waals surface area contributed by atoms with Crippen LogP contribution < -0.4 is 5.32 Å². The monoisotopic (exact) mass is 321 g/mol. The minimum atomic E-state index is -0.226. The minimum absolute atomic E-state index is 0.104. The second-order valence-electron chi connectivity index (χ2n) is 7.81. The number of likely N-dealkylation sites (tertiary alicyclic amines) is 1. The van der Waals surface area contributed by atoms with Crippen LogP contribution in [0.4, 0.5) is 0 Å². The zero-order chi connectivity index (χ0) is 16.6. The van der Waals surface area contributed by atoms with E-state index in [1.54, 1.807) is 0 Å². The molecule has 3 aliphatic rings. The fraction of sp³-hybridized carbons (Fsp3) is 0.889. The Morgan fingerprint density at radius 3 is 2.52 bits per heavy atom. The average molecular weight is 321 g/mol. The maximum Gasteiger partial charge on any atom is 0.240 e. The predicted octanol–water partition coefficient (Wildman–Crippen LogP) is 1.97. The van der Waals surface area contributed by atoms with Crippen LogP contribution in [0.25, 0.3) is 0 Å². The number of rotatable bonds is 4. The number of hydrogen-bond acceptors (Lipinski definition) is 3. The van der Waals surface area contributed by atoms with Gasteiger partial charge in [-0.05, 0) is 25.7 Å². The molecule has 2 heterocycles. The summed E-state index contributed by atoms with van der Waals surface area (Å²) in [5.41, 5.74) is -0.226. The topological polar surface area (TPSA) is 52.7 Å². The molecule has 0 aromatic rings. The summed E-state index contributed by atoms with van der Waals surface area (Å²) in [6.45, 7) is 8.72. The Balaban J connectivity index is 1.66. The van der Waals surface area contributed by atoms with E-state index in [1.165, 1.54) is 6.42 Å². The lowest BCUT2D eigenvalue weighted by Gasteiger charge is -2.46. The van der Waals surface area contributed by atoms with Gasteiger partial charge in [-0.15, -0.1) is 0 Å². The number of nitrogens with one attached hydrogen (secondary N) is 1. The average Bonchev–Trinajstić information content (AvgIpc) is 2.70. The summed E-state index contributed by atoms with van der Waals surface area (Å²) < 4.78 is 0. The van der Waals surface area contributed by atoms with Gasteiger partial charge in [-0.3, -0.25) is 14.9 Å². The summed E-state index contributed by atoms with van der Waals surface area (Å²) in [6.07, 6.45) is 6.13. The molecule has 3 fully saturated rings. The van der Waals surface area contributed by atoms with Crippen molar-refractivity contribution in [2.45, 2.75) is 71.0 Å². The van der Waals surface area contributed by atoms with Crippen LogP contribution in [0.3, 0.4) is 0 Å². The van der Waals surface area contributed by atoms with Gasteiger partial charge in [0.15, 0.2) is 0 Å². The molecule has 5 nitrogen and oxygen atoms in total. The molecule has 1 N–H and O–H groups in total. The van der Waals surface area contributed by atoms with Gasteiger partial charge in [0.05, 0.1) is 11.7 Å². The highest BCUT2D eigenvalue weighted by molar-refractivity contribution is 5.85. The fourth-order valence-corrected chi connectivity index (χ4v) is 4.12. The Bertz CT molecular complexity index is 467. The molecule has 0 aromatic carbocycles. The zero-order valence-corrected chi connectivity index (χ0v) is 14.8. The number of carbonyl (C=O) groups excluding carboxylic acids is 2. The van der Waals surface area contributed by atoms with Gasteiger partial charge < -0.3 is 9.80 Å². The van der Waals surface area contributed by atoms with Crippen LogP contribution in [0.2, 0.25) is 0 Å². The molecule has 1 saturated carbocycles. The normalized spacial score (nSPS) is 29.0. The first-order valence-corrected chi connectivity index (χ1v) is 9.35. The van der Waals surface area contributed by atoms with Gasteiger partial charge in [-0.2, -0.15) is 0 Å². The Labute approximate surface area is 139 Å². The van der Waals surface area contributed by atoms with Crippen LogP contribution in [0.1, 0.15) is 59.3 Å². The fourth-order valence-electron chi connectivity index (χ4n) is 4.12. The van der Waals surface area contributed by atoms with E-state index in [0.29, 0.717) is 11.8 Å². The van der Waals surface area contributed by atoms with Crippen molar-refractivity contribution in [3.05, 3.63) is 0 Å². The lowest BCUT2D eigenvalue weighted by molar-refractivity contribution is -0.142. The maximum absolute atomic E-state index is 12.6. The minimum Gasteiger partial charge on any atom is -0.342 e. The molecule has 2 aliphatic heterocycles. The lowest BCUT2D eigenvalue weighted by atomic mass is 9.83. The lowest BCUT2D eigenvalue weighted by Crippen LogP contribution is -2.60. The van der Waals surface area contributed by atoms with Gasteiger partial charge in [0.1, 0.15) is 0 Å². The van der Waals surface area contributed by atoms with Crippen molar-refractivity contribution in [2.75, 3.05) is 19.6 Å². The van der Waals surface area contributed by atoms with Crippen LogP contribution in [0.15, 0.2) is 0 Å². The number of hydrogen-bond donors (Lipinski definition) is 1. The zero-order valence-electron chi connectivity index (χ0n) is 14.8. The van der Waals surface area contributed by atoms with Gasteiger partial charge in [0.2, 0.25) is 11.8 Å². The molecule has 2 saturated heterocycles. The Morgan fingerprint density at radius 1 is 1.35 bits per heavy atom. The Hall–Kier alpha value is -1.10. The van der Waals surface area contributed by atoms with E-state index < -0.39 is 0 Å². The van der Waals surface area contributed by atoms with E-state index >= 15 is 0 Å². The Kier molecular flexibility index (Phi) is 4.68. The molecule has 0 radical (unpaired) electrons. The van der Waals surface area contributed by atoms with Gasteiger partial charge in [-0.25, -0.2) is 0 Å². The van der Waals surface area contributed by atoms with Crippen LogP contribution in [0, 0.1) is 11.8 Å². The highest BCUT2D eigenvalue weighted by Crippen LogP contribution is 2.35. The van der Waals surface area contributed by atoms with E-state index in [2.05, 4.69) is 24.1 Å². The first kappa shape index (κ1) is 16.7. The van der Waals surface area contributed by atoms with Crippen molar-refractivity contribution < 1.29 is 9.59 Å². The van der Waals surface area contributed by atoms with Crippen molar-refractivity contribution in [2.24, 2.45) is 11.8 Å². The molecule has 5 heteroatoms. The first-order valence-electron chi connectivity index (χ1n) is 9.35. The smallest absolute Gasteiger partial charge is 0.240 e. The largest absolute Gasteiger partial charge is 0.342 e. The van der Waals surface area contributed by atoms with Gasteiger partial charge in [0, 0.05) is 38.4 Å². The summed E-state index contributed by atoms with van der Waals surface area (Å²) in [6, 6.07) is -0.104. The highest BCUT2D eigenvalue weighted by atomic mass is 16.2. The van der Waals surface area contributed by atoms with E-state index in [1.807, 2.05) is 11.8 Å². The standard InChI is InChI=1S/C18H31N3O2/c1-4-13(2)12-21-16(22)14(3)19-18(21)8-10-20(11-9-18)17(23)15-6-5-7-15/h13-15,19H,4-12H2,1-3H3. The predicted molar refractivity (Wildman–Crippen MR) is 89.7 cm³/mol. The van der Waals surface area contributed by atoms with Crippen LogP contribution in [0.5, 0.6) is 0 Å². The molecule has 0 aromatic heterocycles. The van der Waals surface area contributed by atoms with E-state index in [-0.39, 0.29) is 23.5 Å². The molecule has 0 bridgehead atoms. The van der Waals surface area contributed by atoms with Crippen LogP contribution in [-0.4, -0.2) is 53.0 Å². The third kappa shape index (κ3) is 3.00. The highest BCUT2D eigenvalue weighted by Gasteiger charge is 2.50. The quantitative estimate of drug-likeness (QED) is 0.861. The number of piperidine rings is 1.